The first-order valence-corrected chi connectivity index (χ1v) is 14.6. The van der Waals surface area contributed by atoms with E-state index in [9.17, 15) is 13.8 Å². The van der Waals surface area contributed by atoms with Crippen LogP contribution in [0.5, 0.6) is 0 Å². The van der Waals surface area contributed by atoms with Gasteiger partial charge in [0.1, 0.15) is 17.3 Å². The molecule has 4 rings (SSSR count). The molecule has 0 radical (unpaired) electrons. The fourth-order valence-electron chi connectivity index (χ4n) is 3.25. The largest absolute Gasteiger partial charge is 0.388 e. The minimum atomic E-state index is -0.875. The van der Waals surface area contributed by atoms with E-state index < -0.39 is 11.0 Å². The van der Waals surface area contributed by atoms with Crippen molar-refractivity contribution in [1.29, 1.82) is 0 Å². The Hall–Kier alpha value is -3.13. The smallest absolute Gasteiger partial charge is 0.255 e. The van der Waals surface area contributed by atoms with E-state index in [1.54, 1.807) is 36.4 Å². The first-order chi connectivity index (χ1) is 18.7. The molecule has 6 nitrogen and oxygen atoms in total. The molecule has 3 aromatic carbocycles. The Morgan fingerprint density at radius 2 is 1.74 bits per heavy atom. The maximum absolute atomic E-state index is 12.1. The van der Waals surface area contributed by atoms with Crippen LogP contribution in [0.2, 0.25) is 5.02 Å². The number of amides is 1. The van der Waals surface area contributed by atoms with Crippen molar-refractivity contribution < 1.29 is 13.8 Å². The minimum absolute atomic E-state index is 0.168. The average molecular weight is 591 g/mol. The van der Waals surface area contributed by atoms with E-state index in [-0.39, 0.29) is 5.91 Å². The van der Waals surface area contributed by atoms with Crippen LogP contribution in [-0.4, -0.2) is 35.7 Å². The number of hydrogen-bond donors (Lipinski definition) is 2. The van der Waals surface area contributed by atoms with Gasteiger partial charge in [0, 0.05) is 52.6 Å². The van der Waals surface area contributed by atoms with Gasteiger partial charge in [-0.1, -0.05) is 62.2 Å². The fraction of sp³-hybridized carbons (Fsp3) is 0.267. The first-order valence-electron chi connectivity index (χ1n) is 12.5. The summed E-state index contributed by atoms with van der Waals surface area (Å²) in [6, 6.07) is 19.9. The van der Waals surface area contributed by atoms with Crippen LogP contribution < -0.4 is 14.9 Å². The summed E-state index contributed by atoms with van der Waals surface area (Å²) in [4.78, 5) is 22.6. The van der Waals surface area contributed by atoms with Crippen LogP contribution in [0.15, 0.2) is 78.8 Å². The van der Waals surface area contributed by atoms with Crippen LogP contribution in [-0.2, 0) is 11.0 Å². The van der Waals surface area contributed by atoms with E-state index in [0.717, 1.165) is 47.6 Å². The molecule has 210 valence electrons. The number of aldehydes is 1. The number of carbonyl (C=O) groups excluding carboxylic acids is 2. The number of hydrogen-bond acceptors (Lipinski definition) is 4. The molecule has 0 aliphatic carbocycles. The van der Waals surface area contributed by atoms with E-state index in [0.29, 0.717) is 16.1 Å². The van der Waals surface area contributed by atoms with Gasteiger partial charge in [-0.05, 0) is 79.0 Å². The van der Waals surface area contributed by atoms with Gasteiger partial charge in [0.05, 0.1) is 0 Å². The van der Waals surface area contributed by atoms with Gasteiger partial charge in [0.25, 0.3) is 5.91 Å². The monoisotopic (exact) mass is 589 g/mol. The summed E-state index contributed by atoms with van der Waals surface area (Å²) in [6.45, 7) is 10.2. The molecule has 1 heterocycles. The van der Waals surface area contributed by atoms with Gasteiger partial charge in [0.15, 0.2) is 0 Å². The summed E-state index contributed by atoms with van der Waals surface area (Å²) in [7, 11) is 0.965. The van der Waals surface area contributed by atoms with Crippen LogP contribution in [0.25, 0.3) is 0 Å². The summed E-state index contributed by atoms with van der Waals surface area (Å²) in [6.07, 6.45) is 3.03. The molecular weight excluding hydrogens is 553 g/mol. The Morgan fingerprint density at radius 1 is 1.10 bits per heavy atom. The number of nitrogens with one attached hydrogen (secondary N) is 2. The molecule has 1 saturated heterocycles. The van der Waals surface area contributed by atoms with Crippen LogP contribution >= 0.6 is 23.2 Å². The van der Waals surface area contributed by atoms with Crippen LogP contribution in [0.3, 0.4) is 0 Å². The van der Waals surface area contributed by atoms with Crippen molar-refractivity contribution in [2.75, 3.05) is 34.3 Å². The van der Waals surface area contributed by atoms with Crippen LogP contribution in [0, 0.1) is 6.92 Å². The summed E-state index contributed by atoms with van der Waals surface area (Å²) >= 11 is 10.6. The third-order valence-corrected chi connectivity index (χ3v) is 6.86. The Kier molecular flexibility index (Phi) is 16.5. The molecule has 1 aliphatic heterocycles. The Balaban J connectivity index is 0.000000334. The van der Waals surface area contributed by atoms with Crippen molar-refractivity contribution in [3.63, 3.8) is 0 Å². The van der Waals surface area contributed by atoms with Gasteiger partial charge in [-0.2, -0.15) is 0 Å². The molecule has 9 heteroatoms. The van der Waals surface area contributed by atoms with E-state index in [2.05, 4.69) is 31.1 Å². The maximum atomic E-state index is 12.1. The Labute approximate surface area is 245 Å². The number of halogens is 2. The Morgan fingerprint density at radius 3 is 2.26 bits per heavy atom. The number of anilines is 3. The van der Waals surface area contributed by atoms with E-state index in [1.807, 2.05) is 48.6 Å². The Bertz CT molecular complexity index is 1220. The summed E-state index contributed by atoms with van der Waals surface area (Å²) in [5.41, 5.74) is 6.10. The highest BCUT2D eigenvalue weighted by Gasteiger charge is 2.19. The highest BCUT2D eigenvalue weighted by molar-refractivity contribution is 7.86. The summed E-state index contributed by atoms with van der Waals surface area (Å²) in [5, 5.41) is 6.48. The molecule has 0 spiro atoms. The normalized spacial score (nSPS) is 13.3. The number of benzene rings is 3. The van der Waals surface area contributed by atoms with Crippen molar-refractivity contribution in [3.8, 4) is 0 Å². The molecule has 0 bridgehead atoms. The zero-order valence-corrected chi connectivity index (χ0v) is 25.2. The molecule has 1 atom stereocenters. The third kappa shape index (κ3) is 12.1. The lowest BCUT2D eigenvalue weighted by Crippen LogP contribution is -2.19. The van der Waals surface area contributed by atoms with Crippen molar-refractivity contribution >= 4 is 63.4 Å². The quantitative estimate of drug-likeness (QED) is 0.295. The topological polar surface area (TPSA) is 78.5 Å². The predicted octanol–water partition coefficient (Wildman–Crippen LogP) is 8.10. The lowest BCUT2D eigenvalue weighted by Gasteiger charge is -2.15. The zero-order chi connectivity index (χ0) is 29.2. The van der Waals surface area contributed by atoms with Crippen molar-refractivity contribution in [2.45, 2.75) is 33.6 Å². The molecule has 1 amide bonds. The van der Waals surface area contributed by atoms with E-state index in [1.165, 1.54) is 12.0 Å². The van der Waals surface area contributed by atoms with Gasteiger partial charge >= 0.3 is 0 Å². The molecule has 39 heavy (non-hydrogen) atoms. The molecule has 1 fully saturated rings. The molecule has 1 aliphatic rings. The summed E-state index contributed by atoms with van der Waals surface area (Å²) < 4.78 is 13.4. The van der Waals surface area contributed by atoms with Gasteiger partial charge in [-0.3, -0.25) is 13.9 Å². The predicted molar refractivity (Wildman–Crippen MR) is 169 cm³/mol. The lowest BCUT2D eigenvalue weighted by atomic mass is 10.1. The second kappa shape index (κ2) is 19.0. The maximum Gasteiger partial charge on any atom is 0.255 e. The molecule has 0 aromatic heterocycles. The van der Waals surface area contributed by atoms with Crippen LogP contribution in [0.1, 0.15) is 53.0 Å². The van der Waals surface area contributed by atoms with Gasteiger partial charge < -0.3 is 10.6 Å². The summed E-state index contributed by atoms with van der Waals surface area (Å²) in [5.74, 6) is 0.578. The third-order valence-electron chi connectivity index (χ3n) is 5.10. The number of nitrogens with zero attached hydrogens (tertiary/aromatic N) is 1. The number of aryl methyl sites for hydroxylation is 1. The van der Waals surface area contributed by atoms with Gasteiger partial charge in [0.2, 0.25) is 0 Å². The highest BCUT2D eigenvalue weighted by atomic mass is 35.5. The minimum Gasteiger partial charge on any atom is -0.388 e. The fourth-order valence-corrected chi connectivity index (χ4v) is 4.72. The van der Waals surface area contributed by atoms with Crippen molar-refractivity contribution in [1.82, 2.24) is 0 Å². The zero-order valence-electron chi connectivity index (χ0n) is 22.9. The second-order valence-electron chi connectivity index (χ2n) is 8.30. The van der Waals surface area contributed by atoms with E-state index >= 15 is 0 Å². The second-order valence-corrected chi connectivity index (χ2v) is 10.5. The molecule has 3 aromatic rings. The highest BCUT2D eigenvalue weighted by Crippen LogP contribution is 2.22. The molecule has 2 N–H and O–H groups in total. The number of carbonyl (C=O) groups is 2. The van der Waals surface area contributed by atoms with Crippen molar-refractivity contribution in [2.24, 2.45) is 0 Å². The molecular formula is C30H37Cl2N3O3S. The van der Waals surface area contributed by atoms with Gasteiger partial charge in [-0.15, -0.1) is 0 Å². The average Bonchev–Trinajstić information content (AvgIpc) is 3.37. The molecule has 0 saturated carbocycles. The van der Waals surface area contributed by atoms with Crippen molar-refractivity contribution in [3.05, 3.63) is 101 Å². The lowest BCUT2D eigenvalue weighted by molar-refractivity contribution is 0.102. The van der Waals surface area contributed by atoms with Gasteiger partial charge in [-0.25, -0.2) is 4.21 Å². The standard InChI is InChI=1S/C15H15ClN2O.C10H11NO2S.C3H8.C2H3Cl/c1-10-6-7-13(17-2)9-14(10)18-15(19)11-4-3-5-12(16)8-11;12-8-9-2-4-10(5-3-9)11-6-1-7-14(11)13;1-3-2;1-2-3/h3-9,17H,1-2H3,(H,18,19);2-5,8H,1,6-7H2;3H2,1-2H3;2H,1H2. The van der Waals surface area contributed by atoms with E-state index in [4.69, 9.17) is 23.2 Å². The molecule has 1 unspecified atom stereocenters. The number of rotatable bonds is 5. The van der Waals surface area contributed by atoms with Crippen LogP contribution in [0.4, 0.5) is 17.1 Å². The SMILES string of the molecule is C=CCl.CCC.CNc1ccc(C)c(NC(=O)c2cccc(Cl)c2)c1.O=Cc1ccc(N2CCCS2=O)cc1. The first kappa shape index (κ1) is 33.9.